The Bertz CT molecular complexity index is 529. The summed E-state index contributed by atoms with van der Waals surface area (Å²) in [5.41, 5.74) is 3.63. The summed E-state index contributed by atoms with van der Waals surface area (Å²) in [5, 5.41) is 0. The fourth-order valence-electron chi connectivity index (χ4n) is 0.995. The molecule has 0 aliphatic rings. The second-order valence-corrected chi connectivity index (χ2v) is 6.19. The Hall–Kier alpha value is -0.470. The molecule has 16 heavy (non-hydrogen) atoms. The van der Waals surface area contributed by atoms with Crippen LogP contribution in [0.25, 0.3) is 0 Å². The molecule has 1 aromatic rings. The molecule has 1 rings (SSSR count). The average Bonchev–Trinajstić information content (AvgIpc) is 2.05. The maximum absolute atomic E-state index is 12.5. The lowest BCUT2D eigenvalue weighted by molar-refractivity contribution is -0.139. The first kappa shape index (κ1) is 13.6. The number of anilines is 1. The molecule has 1 aromatic carbocycles. The summed E-state index contributed by atoms with van der Waals surface area (Å²) >= 11 is 2.82. The first-order chi connectivity index (χ1) is 7.03. The van der Waals surface area contributed by atoms with E-state index in [1.165, 1.54) is 0 Å². The molecule has 0 radical (unpaired) electrons. The molecule has 0 heterocycles. The third-order valence-corrected chi connectivity index (χ3v) is 3.72. The van der Waals surface area contributed by atoms with Gasteiger partial charge in [0.15, 0.2) is 0 Å². The first-order valence-electron chi connectivity index (χ1n) is 3.64. The van der Waals surface area contributed by atoms with Gasteiger partial charge in [-0.15, -0.1) is 0 Å². The van der Waals surface area contributed by atoms with E-state index in [9.17, 15) is 21.6 Å². The fourth-order valence-corrected chi connectivity index (χ4v) is 2.57. The summed E-state index contributed by atoms with van der Waals surface area (Å²) in [6, 6.07) is 1.24. The van der Waals surface area contributed by atoms with Crippen LogP contribution in [0.5, 0.6) is 0 Å². The fraction of sp³-hybridized carbons (Fsp3) is 0.143. The van der Waals surface area contributed by atoms with Gasteiger partial charge in [0.2, 0.25) is 0 Å². The summed E-state index contributed by atoms with van der Waals surface area (Å²) < 4.78 is 59.5. The van der Waals surface area contributed by atoms with Crippen molar-refractivity contribution in [3.05, 3.63) is 22.2 Å². The minimum Gasteiger partial charge on any atom is -0.398 e. The molecule has 90 valence electrons. The number of nitrogen functional groups attached to an aromatic ring is 1. The first-order valence-corrected chi connectivity index (χ1v) is 6.74. The molecule has 0 spiro atoms. The van der Waals surface area contributed by atoms with Crippen molar-refractivity contribution in [2.75, 3.05) is 5.73 Å². The number of benzene rings is 1. The molecule has 0 fully saturated rings. The molecule has 9 heteroatoms. The number of hydrogen-bond donors (Lipinski definition) is 1. The van der Waals surface area contributed by atoms with Crippen molar-refractivity contribution in [2.45, 2.75) is 11.1 Å². The van der Waals surface area contributed by atoms with E-state index in [0.717, 1.165) is 6.07 Å². The minimum atomic E-state index is -4.84. The molecular formula is C7H4BrClF3NO2S. The van der Waals surface area contributed by atoms with Crippen molar-refractivity contribution in [3.8, 4) is 0 Å². The van der Waals surface area contributed by atoms with E-state index in [4.69, 9.17) is 16.4 Å². The van der Waals surface area contributed by atoms with E-state index >= 15 is 0 Å². The third-order valence-electron chi connectivity index (χ3n) is 1.67. The van der Waals surface area contributed by atoms with Gasteiger partial charge in [-0.05, 0) is 28.1 Å². The molecule has 0 bridgehead atoms. The van der Waals surface area contributed by atoms with Crippen LogP contribution in [0.15, 0.2) is 21.5 Å². The van der Waals surface area contributed by atoms with Crippen molar-refractivity contribution >= 4 is 41.4 Å². The van der Waals surface area contributed by atoms with Gasteiger partial charge in [0.1, 0.15) is 0 Å². The van der Waals surface area contributed by atoms with Gasteiger partial charge < -0.3 is 5.73 Å². The molecular weight excluding hydrogens is 334 g/mol. The van der Waals surface area contributed by atoms with Gasteiger partial charge in [-0.3, -0.25) is 0 Å². The van der Waals surface area contributed by atoms with E-state index in [-0.39, 0.29) is 10.2 Å². The predicted octanol–water partition coefficient (Wildman–Crippen LogP) is 2.98. The highest BCUT2D eigenvalue weighted by Gasteiger charge is 2.37. The van der Waals surface area contributed by atoms with Crippen molar-refractivity contribution in [3.63, 3.8) is 0 Å². The summed E-state index contributed by atoms with van der Waals surface area (Å²) in [6.45, 7) is 0. The van der Waals surface area contributed by atoms with Gasteiger partial charge in [-0.2, -0.15) is 13.2 Å². The van der Waals surface area contributed by atoms with Crippen molar-refractivity contribution < 1.29 is 21.6 Å². The second kappa shape index (κ2) is 4.08. The smallest absolute Gasteiger partial charge is 0.398 e. The molecule has 0 saturated carbocycles. The van der Waals surface area contributed by atoms with Gasteiger partial charge in [0.05, 0.1) is 10.5 Å². The Labute approximate surface area is 102 Å². The molecule has 0 aliphatic heterocycles. The quantitative estimate of drug-likeness (QED) is 0.632. The molecule has 3 nitrogen and oxygen atoms in total. The van der Waals surface area contributed by atoms with Gasteiger partial charge in [-0.25, -0.2) is 8.42 Å². The number of hydrogen-bond acceptors (Lipinski definition) is 3. The molecule has 2 N–H and O–H groups in total. The van der Waals surface area contributed by atoms with Crippen LogP contribution >= 0.6 is 26.6 Å². The van der Waals surface area contributed by atoms with Gasteiger partial charge in [-0.1, -0.05) is 0 Å². The van der Waals surface area contributed by atoms with E-state index in [0.29, 0.717) is 6.07 Å². The molecule has 0 amide bonds. The second-order valence-electron chi connectivity index (χ2n) is 2.81. The van der Waals surface area contributed by atoms with Crippen LogP contribution < -0.4 is 5.73 Å². The van der Waals surface area contributed by atoms with E-state index in [2.05, 4.69) is 15.9 Å². The largest absolute Gasteiger partial charge is 0.417 e. The SMILES string of the molecule is Nc1cc(C(F)(F)F)c(S(=O)(=O)Cl)cc1Br. The molecule has 0 aliphatic carbocycles. The predicted molar refractivity (Wildman–Crippen MR) is 56.6 cm³/mol. The van der Waals surface area contributed by atoms with E-state index in [1.54, 1.807) is 0 Å². The Balaban J connectivity index is 3.66. The lowest BCUT2D eigenvalue weighted by atomic mass is 10.2. The zero-order valence-corrected chi connectivity index (χ0v) is 10.5. The lowest BCUT2D eigenvalue weighted by Gasteiger charge is -2.12. The van der Waals surface area contributed by atoms with Crippen LogP contribution in [0.2, 0.25) is 0 Å². The number of halogens is 5. The van der Waals surface area contributed by atoms with Gasteiger partial charge in [0, 0.05) is 20.8 Å². The Kier molecular flexibility index (Phi) is 3.47. The molecule has 0 saturated heterocycles. The summed E-state index contributed by atoms with van der Waals surface area (Å²) in [5.74, 6) is 0. The highest BCUT2D eigenvalue weighted by Crippen LogP contribution is 2.39. The maximum atomic E-state index is 12.5. The van der Waals surface area contributed by atoms with Crippen molar-refractivity contribution in [1.29, 1.82) is 0 Å². The van der Waals surface area contributed by atoms with Crippen molar-refractivity contribution in [1.82, 2.24) is 0 Å². The summed E-state index contributed by atoms with van der Waals surface area (Å²) in [4.78, 5) is -1.03. The monoisotopic (exact) mass is 337 g/mol. The average molecular weight is 339 g/mol. The van der Waals surface area contributed by atoms with Gasteiger partial charge >= 0.3 is 6.18 Å². The van der Waals surface area contributed by atoms with Crippen LogP contribution in [0.4, 0.5) is 18.9 Å². The van der Waals surface area contributed by atoms with Crippen LogP contribution in [0.3, 0.4) is 0 Å². The zero-order chi connectivity index (χ0) is 12.7. The maximum Gasteiger partial charge on any atom is 0.417 e. The Morgan fingerprint density at radius 3 is 2.19 bits per heavy atom. The number of alkyl halides is 3. The van der Waals surface area contributed by atoms with Gasteiger partial charge in [0.25, 0.3) is 9.05 Å². The van der Waals surface area contributed by atoms with Crippen LogP contribution in [-0.4, -0.2) is 8.42 Å². The molecule has 0 atom stereocenters. The summed E-state index contributed by atoms with van der Waals surface area (Å²) in [6.07, 6.45) is -4.84. The third kappa shape index (κ3) is 2.80. The minimum absolute atomic E-state index is 0.0275. The van der Waals surface area contributed by atoms with E-state index < -0.39 is 25.7 Å². The summed E-state index contributed by atoms with van der Waals surface area (Å²) in [7, 11) is 0.415. The lowest BCUT2D eigenvalue weighted by Crippen LogP contribution is -2.11. The van der Waals surface area contributed by atoms with Crippen LogP contribution in [-0.2, 0) is 15.2 Å². The van der Waals surface area contributed by atoms with Crippen LogP contribution in [0.1, 0.15) is 5.56 Å². The Morgan fingerprint density at radius 1 is 1.31 bits per heavy atom. The highest BCUT2D eigenvalue weighted by atomic mass is 79.9. The number of rotatable bonds is 1. The normalized spacial score (nSPS) is 12.8. The van der Waals surface area contributed by atoms with E-state index in [1.807, 2.05) is 0 Å². The number of nitrogens with two attached hydrogens (primary N) is 1. The molecule has 0 aromatic heterocycles. The molecule has 0 unspecified atom stereocenters. The standard InChI is InChI=1S/C7H4BrClF3NO2S/c8-4-2-6(16(9,14)15)3(1-5(4)13)7(10,11)12/h1-2H,13H2. The van der Waals surface area contributed by atoms with Crippen molar-refractivity contribution in [2.24, 2.45) is 0 Å². The topological polar surface area (TPSA) is 60.2 Å². The van der Waals surface area contributed by atoms with Crippen LogP contribution in [0, 0.1) is 0 Å². The Morgan fingerprint density at radius 2 is 1.81 bits per heavy atom. The highest BCUT2D eigenvalue weighted by molar-refractivity contribution is 9.10. The zero-order valence-electron chi connectivity index (χ0n) is 7.35.